The molecule has 146 valence electrons. The molecule has 7 nitrogen and oxygen atoms in total. The van der Waals surface area contributed by atoms with Crippen molar-refractivity contribution < 1.29 is 4.39 Å². The first-order chi connectivity index (χ1) is 13.1. The molecular weight excluding hydrogens is 345 g/mol. The highest BCUT2D eigenvalue weighted by Crippen LogP contribution is 2.20. The van der Waals surface area contributed by atoms with Gasteiger partial charge >= 0.3 is 0 Å². The van der Waals surface area contributed by atoms with Crippen LogP contribution in [0, 0.1) is 19.7 Å². The van der Waals surface area contributed by atoms with Crippen LogP contribution in [0.4, 0.5) is 10.2 Å². The number of aromatic nitrogens is 3. The van der Waals surface area contributed by atoms with Crippen LogP contribution in [0.15, 0.2) is 29.4 Å². The van der Waals surface area contributed by atoms with Gasteiger partial charge in [0.05, 0.1) is 5.69 Å². The maximum absolute atomic E-state index is 13.9. The predicted molar refractivity (Wildman–Crippen MR) is 106 cm³/mol. The summed E-state index contributed by atoms with van der Waals surface area (Å²) in [7, 11) is 1.77. The zero-order chi connectivity index (χ0) is 19.2. The molecule has 1 atom stereocenters. The molecular formula is C19H28FN7. The summed E-state index contributed by atoms with van der Waals surface area (Å²) in [6.07, 6.45) is 3.50. The van der Waals surface area contributed by atoms with E-state index in [9.17, 15) is 4.39 Å². The Bertz CT molecular complexity index is 786. The lowest BCUT2D eigenvalue weighted by molar-refractivity contribution is 0.552. The van der Waals surface area contributed by atoms with Gasteiger partial charge < -0.3 is 15.5 Å². The van der Waals surface area contributed by atoms with Gasteiger partial charge in [0, 0.05) is 51.2 Å². The maximum Gasteiger partial charge on any atom is 0.191 e. The lowest BCUT2D eigenvalue weighted by atomic mass is 10.3. The molecule has 0 spiro atoms. The monoisotopic (exact) mass is 373 g/mol. The van der Waals surface area contributed by atoms with Crippen molar-refractivity contribution in [1.82, 2.24) is 25.4 Å². The smallest absolute Gasteiger partial charge is 0.191 e. The van der Waals surface area contributed by atoms with E-state index in [1.54, 1.807) is 19.3 Å². The molecule has 3 heterocycles. The second-order valence-electron chi connectivity index (χ2n) is 6.89. The van der Waals surface area contributed by atoms with E-state index in [4.69, 9.17) is 0 Å². The van der Waals surface area contributed by atoms with E-state index in [0.29, 0.717) is 12.4 Å². The summed E-state index contributed by atoms with van der Waals surface area (Å²) in [6, 6.07) is 5.37. The van der Waals surface area contributed by atoms with Crippen LogP contribution in [0.2, 0.25) is 0 Å². The number of rotatable bonds is 6. The van der Waals surface area contributed by atoms with Gasteiger partial charge in [-0.3, -0.25) is 9.67 Å². The highest BCUT2D eigenvalue weighted by Gasteiger charge is 2.25. The van der Waals surface area contributed by atoms with Gasteiger partial charge in [0.25, 0.3) is 0 Å². The second kappa shape index (κ2) is 8.83. The van der Waals surface area contributed by atoms with Crippen molar-refractivity contribution in [2.24, 2.45) is 4.99 Å². The molecule has 1 unspecified atom stereocenters. The van der Waals surface area contributed by atoms with Crippen molar-refractivity contribution >= 4 is 11.8 Å². The van der Waals surface area contributed by atoms with Crippen molar-refractivity contribution in [1.29, 1.82) is 0 Å². The highest BCUT2D eigenvalue weighted by molar-refractivity contribution is 5.80. The molecule has 1 saturated heterocycles. The molecule has 1 aliphatic rings. The zero-order valence-electron chi connectivity index (χ0n) is 16.2. The average molecular weight is 373 g/mol. The van der Waals surface area contributed by atoms with Crippen LogP contribution in [0.3, 0.4) is 0 Å². The molecule has 2 aromatic heterocycles. The molecule has 3 rings (SSSR count). The van der Waals surface area contributed by atoms with Gasteiger partial charge in [-0.25, -0.2) is 9.37 Å². The van der Waals surface area contributed by atoms with Crippen molar-refractivity contribution in [3.8, 4) is 0 Å². The highest BCUT2D eigenvalue weighted by atomic mass is 19.1. The predicted octanol–water partition coefficient (Wildman–Crippen LogP) is 1.87. The number of hydrogen-bond acceptors (Lipinski definition) is 4. The molecule has 1 fully saturated rings. The standard InChI is InChI=1S/C19H28FN7/c1-14-12-15(2)27(25-14)10-5-9-23-19(21-3)24-16-7-11-26(13-16)18-17(20)6-4-8-22-18/h4,6,8,12,16H,5,7,9-11,13H2,1-3H3,(H2,21,23,24). The van der Waals surface area contributed by atoms with Crippen molar-refractivity contribution in [2.75, 3.05) is 31.6 Å². The third-order valence-corrected chi connectivity index (χ3v) is 4.73. The molecule has 1 aliphatic heterocycles. The zero-order valence-corrected chi connectivity index (χ0v) is 16.2. The summed E-state index contributed by atoms with van der Waals surface area (Å²) in [4.78, 5) is 10.4. The van der Waals surface area contributed by atoms with Gasteiger partial charge in [-0.05, 0) is 44.9 Å². The average Bonchev–Trinajstić information content (AvgIpc) is 3.24. The fourth-order valence-corrected chi connectivity index (χ4v) is 3.41. The van der Waals surface area contributed by atoms with Crippen molar-refractivity contribution in [3.63, 3.8) is 0 Å². The Morgan fingerprint density at radius 1 is 1.41 bits per heavy atom. The quantitative estimate of drug-likeness (QED) is 0.460. The van der Waals surface area contributed by atoms with Crippen LogP contribution in [0.5, 0.6) is 0 Å². The minimum Gasteiger partial charge on any atom is -0.356 e. The van der Waals surface area contributed by atoms with Gasteiger partial charge in [0.2, 0.25) is 0 Å². The summed E-state index contributed by atoms with van der Waals surface area (Å²) >= 11 is 0. The molecule has 27 heavy (non-hydrogen) atoms. The van der Waals surface area contributed by atoms with Crippen LogP contribution in [-0.4, -0.2) is 53.4 Å². The normalized spacial score (nSPS) is 17.4. The Labute approximate surface area is 159 Å². The topological polar surface area (TPSA) is 70.4 Å². The Morgan fingerprint density at radius 2 is 2.26 bits per heavy atom. The molecule has 0 aliphatic carbocycles. The number of hydrogen-bond donors (Lipinski definition) is 2. The van der Waals surface area contributed by atoms with Gasteiger partial charge in [-0.1, -0.05) is 0 Å². The molecule has 2 N–H and O–H groups in total. The largest absolute Gasteiger partial charge is 0.356 e. The van der Waals surface area contributed by atoms with Crippen LogP contribution < -0.4 is 15.5 Å². The first-order valence-corrected chi connectivity index (χ1v) is 9.40. The number of halogens is 1. The lowest BCUT2D eigenvalue weighted by Gasteiger charge is -2.20. The molecule has 2 aromatic rings. The number of guanidine groups is 1. The number of nitrogens with one attached hydrogen (secondary N) is 2. The molecule has 0 radical (unpaired) electrons. The second-order valence-corrected chi connectivity index (χ2v) is 6.89. The first kappa shape index (κ1) is 19.1. The van der Waals surface area contributed by atoms with E-state index in [1.807, 2.05) is 16.5 Å². The van der Waals surface area contributed by atoms with E-state index in [0.717, 1.165) is 44.1 Å². The maximum atomic E-state index is 13.9. The van der Waals surface area contributed by atoms with Crippen LogP contribution in [0.1, 0.15) is 24.2 Å². The number of nitrogens with zero attached hydrogens (tertiary/aromatic N) is 5. The summed E-state index contributed by atoms with van der Waals surface area (Å²) in [5.41, 5.74) is 2.23. The van der Waals surface area contributed by atoms with E-state index in [2.05, 4.69) is 38.7 Å². The lowest BCUT2D eigenvalue weighted by Crippen LogP contribution is -2.45. The summed E-state index contributed by atoms with van der Waals surface area (Å²) in [5, 5.41) is 11.2. The summed E-state index contributed by atoms with van der Waals surface area (Å²) in [5.74, 6) is 0.927. The molecule has 0 amide bonds. The summed E-state index contributed by atoms with van der Waals surface area (Å²) < 4.78 is 15.9. The van der Waals surface area contributed by atoms with E-state index < -0.39 is 0 Å². The third kappa shape index (κ3) is 4.96. The number of pyridine rings is 1. The van der Waals surface area contributed by atoms with E-state index in [1.165, 1.54) is 11.8 Å². The fraction of sp³-hybridized carbons (Fsp3) is 0.526. The molecule has 0 aromatic carbocycles. The van der Waals surface area contributed by atoms with Crippen molar-refractivity contribution in [2.45, 2.75) is 39.3 Å². The van der Waals surface area contributed by atoms with Crippen LogP contribution in [-0.2, 0) is 6.54 Å². The Morgan fingerprint density at radius 3 is 2.96 bits per heavy atom. The molecule has 8 heteroatoms. The minimum atomic E-state index is -0.273. The van der Waals surface area contributed by atoms with Crippen LogP contribution in [0.25, 0.3) is 0 Å². The Hall–Kier alpha value is -2.64. The fourth-order valence-electron chi connectivity index (χ4n) is 3.41. The van der Waals surface area contributed by atoms with E-state index in [-0.39, 0.29) is 11.9 Å². The number of anilines is 1. The number of aryl methyl sites for hydroxylation is 3. The SMILES string of the molecule is CN=C(NCCCn1nc(C)cc1C)NC1CCN(c2ncccc2F)C1. The number of aliphatic imine (C=N–C) groups is 1. The molecule has 0 bridgehead atoms. The van der Waals surface area contributed by atoms with Crippen molar-refractivity contribution in [3.05, 3.63) is 41.6 Å². The van der Waals surface area contributed by atoms with E-state index >= 15 is 0 Å². The van der Waals surface area contributed by atoms with Crippen LogP contribution >= 0.6 is 0 Å². The van der Waals surface area contributed by atoms with Gasteiger partial charge in [-0.2, -0.15) is 5.10 Å². The van der Waals surface area contributed by atoms with Gasteiger partial charge in [0.15, 0.2) is 17.6 Å². The van der Waals surface area contributed by atoms with Gasteiger partial charge in [-0.15, -0.1) is 0 Å². The van der Waals surface area contributed by atoms with Gasteiger partial charge in [0.1, 0.15) is 0 Å². The first-order valence-electron chi connectivity index (χ1n) is 9.40. The Balaban J connectivity index is 1.43. The summed E-state index contributed by atoms with van der Waals surface area (Å²) in [6.45, 7) is 7.25. The molecule has 0 saturated carbocycles. The Kier molecular flexibility index (Phi) is 6.26. The third-order valence-electron chi connectivity index (χ3n) is 4.73. The minimum absolute atomic E-state index is 0.216.